The van der Waals surface area contributed by atoms with Crippen molar-refractivity contribution in [3.05, 3.63) is 51.4 Å². The van der Waals surface area contributed by atoms with Crippen LogP contribution in [-0.4, -0.2) is 26.4 Å². The van der Waals surface area contributed by atoms with Crippen LogP contribution in [0, 0.1) is 16.0 Å². The maximum absolute atomic E-state index is 11.6. The molecule has 1 aromatic carbocycles. The summed E-state index contributed by atoms with van der Waals surface area (Å²) >= 11 is 3.47. The number of ether oxygens (including phenoxy) is 1. The van der Waals surface area contributed by atoms with Crippen molar-refractivity contribution in [2.45, 2.75) is 20.3 Å². The number of anilines is 1. The van der Waals surface area contributed by atoms with E-state index in [2.05, 4.69) is 50.0 Å². The molecular weight excluding hydrogens is 414 g/mol. The van der Waals surface area contributed by atoms with Gasteiger partial charge in [0.15, 0.2) is 5.75 Å². The predicted octanol–water partition coefficient (Wildman–Crippen LogP) is 4.95. The molecular formula is C18H18BrN5O3. The van der Waals surface area contributed by atoms with Crippen LogP contribution in [0.3, 0.4) is 0 Å². The van der Waals surface area contributed by atoms with E-state index in [1.54, 1.807) is 24.4 Å². The van der Waals surface area contributed by atoms with E-state index in [1.165, 1.54) is 6.33 Å². The Morgan fingerprint density at radius 2 is 2.07 bits per heavy atom. The maximum Gasteiger partial charge on any atom is 0.373 e. The van der Waals surface area contributed by atoms with Crippen LogP contribution in [0.25, 0.3) is 10.9 Å². The van der Waals surface area contributed by atoms with E-state index < -0.39 is 4.92 Å². The highest BCUT2D eigenvalue weighted by Crippen LogP contribution is 2.37. The molecule has 140 valence electrons. The molecule has 0 saturated heterocycles. The van der Waals surface area contributed by atoms with Crippen molar-refractivity contribution in [2.24, 2.45) is 5.92 Å². The second-order valence-electron chi connectivity index (χ2n) is 6.29. The van der Waals surface area contributed by atoms with Crippen molar-refractivity contribution in [3.63, 3.8) is 0 Å². The molecule has 3 aromatic rings. The molecule has 2 heterocycles. The Morgan fingerprint density at radius 3 is 2.81 bits per heavy atom. The Labute approximate surface area is 164 Å². The smallest absolute Gasteiger partial charge is 0.373 e. The molecule has 1 N–H and O–H groups in total. The summed E-state index contributed by atoms with van der Waals surface area (Å²) in [5.41, 5.74) is 0.280. The van der Waals surface area contributed by atoms with E-state index in [0.717, 1.165) is 16.3 Å². The number of nitrogens with zero attached hydrogens (tertiary/aromatic N) is 4. The summed E-state index contributed by atoms with van der Waals surface area (Å²) in [4.78, 5) is 23.4. The molecule has 0 aliphatic carbocycles. The molecule has 9 heteroatoms. The molecule has 0 unspecified atom stereocenters. The lowest BCUT2D eigenvalue weighted by molar-refractivity contribution is -0.385. The highest BCUT2D eigenvalue weighted by Gasteiger charge is 2.25. The fourth-order valence-corrected chi connectivity index (χ4v) is 2.96. The van der Waals surface area contributed by atoms with E-state index in [4.69, 9.17) is 4.74 Å². The van der Waals surface area contributed by atoms with Crippen molar-refractivity contribution in [3.8, 4) is 11.6 Å². The largest absolute Gasteiger partial charge is 0.431 e. The van der Waals surface area contributed by atoms with E-state index >= 15 is 0 Å². The Kier molecular flexibility index (Phi) is 5.80. The van der Waals surface area contributed by atoms with Gasteiger partial charge < -0.3 is 10.1 Å². The third-order valence-electron chi connectivity index (χ3n) is 3.87. The quantitative estimate of drug-likeness (QED) is 0.416. The van der Waals surface area contributed by atoms with Crippen molar-refractivity contribution in [1.29, 1.82) is 0 Å². The third kappa shape index (κ3) is 4.30. The molecule has 2 aromatic heterocycles. The summed E-state index contributed by atoms with van der Waals surface area (Å²) in [6.07, 6.45) is 3.74. The number of halogens is 1. The highest BCUT2D eigenvalue weighted by atomic mass is 79.9. The highest BCUT2D eigenvalue weighted by molar-refractivity contribution is 9.10. The average Bonchev–Trinajstić information content (AvgIpc) is 2.64. The second kappa shape index (κ2) is 8.26. The lowest BCUT2D eigenvalue weighted by Crippen LogP contribution is -2.09. The monoisotopic (exact) mass is 431 g/mol. The first-order valence-electron chi connectivity index (χ1n) is 8.41. The van der Waals surface area contributed by atoms with Gasteiger partial charge in [0, 0.05) is 22.6 Å². The molecule has 8 nitrogen and oxygen atoms in total. The van der Waals surface area contributed by atoms with Crippen molar-refractivity contribution in [1.82, 2.24) is 15.0 Å². The number of fused-ring (bicyclic) bond motifs is 1. The molecule has 0 radical (unpaired) electrons. The van der Waals surface area contributed by atoms with Crippen LogP contribution < -0.4 is 10.1 Å². The van der Waals surface area contributed by atoms with E-state index in [9.17, 15) is 10.1 Å². The van der Waals surface area contributed by atoms with Gasteiger partial charge in [-0.2, -0.15) is 4.98 Å². The lowest BCUT2D eigenvalue weighted by Gasteiger charge is -2.11. The molecule has 27 heavy (non-hydrogen) atoms. The molecule has 0 amide bonds. The number of aromatic nitrogens is 3. The van der Waals surface area contributed by atoms with Crippen LogP contribution in [0.5, 0.6) is 11.6 Å². The molecule has 0 aliphatic heterocycles. The van der Waals surface area contributed by atoms with Crippen molar-refractivity contribution < 1.29 is 9.66 Å². The van der Waals surface area contributed by atoms with Gasteiger partial charge >= 0.3 is 11.6 Å². The van der Waals surface area contributed by atoms with Gasteiger partial charge in [-0.25, -0.2) is 4.98 Å². The number of pyridine rings is 1. The zero-order valence-corrected chi connectivity index (χ0v) is 16.4. The molecule has 0 bridgehead atoms. The average molecular weight is 432 g/mol. The fourth-order valence-electron chi connectivity index (χ4n) is 2.51. The van der Waals surface area contributed by atoms with Gasteiger partial charge in [-0.05, 0) is 30.5 Å². The van der Waals surface area contributed by atoms with Crippen molar-refractivity contribution >= 4 is 38.3 Å². The third-order valence-corrected chi connectivity index (χ3v) is 4.56. The number of hydrogen-bond donors (Lipinski definition) is 1. The number of nitro groups is 1. The summed E-state index contributed by atoms with van der Waals surface area (Å²) < 4.78 is 6.64. The topological polar surface area (TPSA) is 103 Å². The number of benzene rings is 1. The van der Waals surface area contributed by atoms with E-state index in [-0.39, 0.29) is 17.4 Å². The lowest BCUT2D eigenvalue weighted by atomic mass is 10.1. The minimum absolute atomic E-state index is 0.128. The van der Waals surface area contributed by atoms with Gasteiger partial charge in [-0.1, -0.05) is 35.8 Å². The zero-order chi connectivity index (χ0) is 19.4. The molecule has 0 fully saturated rings. The molecule has 0 spiro atoms. The Morgan fingerprint density at radius 1 is 1.26 bits per heavy atom. The van der Waals surface area contributed by atoms with Crippen LogP contribution in [0.1, 0.15) is 20.3 Å². The summed E-state index contributed by atoms with van der Waals surface area (Å²) in [7, 11) is 0. The molecule has 0 atom stereocenters. The van der Waals surface area contributed by atoms with Crippen molar-refractivity contribution in [2.75, 3.05) is 11.9 Å². The van der Waals surface area contributed by atoms with Crippen LogP contribution in [0.2, 0.25) is 0 Å². The summed E-state index contributed by atoms with van der Waals surface area (Å²) in [5.74, 6) is 0.856. The van der Waals surface area contributed by atoms with Crippen LogP contribution >= 0.6 is 15.9 Å². The first-order valence-corrected chi connectivity index (χ1v) is 9.21. The van der Waals surface area contributed by atoms with Gasteiger partial charge in [-0.3, -0.25) is 15.1 Å². The van der Waals surface area contributed by atoms with Crippen LogP contribution in [0.4, 0.5) is 11.5 Å². The van der Waals surface area contributed by atoms with Crippen LogP contribution in [0.15, 0.2) is 41.3 Å². The standard InChI is InChI=1S/C18H18BrN5O3/c1-11(2)7-9-21-17-16(24(25)26)18(23-10-22-17)27-14-6-5-13(19)12-4-3-8-20-15(12)14/h3-6,8,10-11H,7,9H2,1-2H3,(H,21,22,23). The van der Waals surface area contributed by atoms with Gasteiger partial charge in [0.05, 0.1) is 4.92 Å². The van der Waals surface area contributed by atoms with Gasteiger partial charge in [0.1, 0.15) is 11.8 Å². The van der Waals surface area contributed by atoms with Gasteiger partial charge in [0.25, 0.3) is 0 Å². The summed E-state index contributed by atoms with van der Waals surface area (Å²) in [6.45, 7) is 4.73. The Hall–Kier alpha value is -2.81. The SMILES string of the molecule is CC(C)CCNc1ncnc(Oc2ccc(Br)c3cccnc23)c1[N+](=O)[O-]. The first-order chi connectivity index (χ1) is 13.0. The number of hydrogen-bond acceptors (Lipinski definition) is 7. The fraction of sp³-hybridized carbons (Fsp3) is 0.278. The zero-order valence-electron chi connectivity index (χ0n) is 14.8. The Balaban J connectivity index is 1.98. The Bertz CT molecular complexity index is 980. The first kappa shape index (κ1) is 19.0. The van der Waals surface area contributed by atoms with E-state index in [0.29, 0.717) is 23.7 Å². The summed E-state index contributed by atoms with van der Waals surface area (Å²) in [6, 6.07) is 7.18. The number of rotatable bonds is 7. The molecule has 3 rings (SSSR count). The predicted molar refractivity (Wildman–Crippen MR) is 106 cm³/mol. The normalized spacial score (nSPS) is 11.0. The van der Waals surface area contributed by atoms with Gasteiger partial charge in [-0.15, -0.1) is 0 Å². The second-order valence-corrected chi connectivity index (χ2v) is 7.14. The minimum Gasteiger partial charge on any atom is -0.431 e. The number of nitrogens with one attached hydrogen (secondary N) is 1. The minimum atomic E-state index is -0.540. The van der Waals surface area contributed by atoms with Crippen LogP contribution in [-0.2, 0) is 0 Å². The maximum atomic E-state index is 11.6. The molecule has 0 aliphatic rings. The van der Waals surface area contributed by atoms with E-state index in [1.807, 2.05) is 6.07 Å². The molecule has 0 saturated carbocycles. The van der Waals surface area contributed by atoms with Gasteiger partial charge in [0.2, 0.25) is 5.82 Å². The summed E-state index contributed by atoms with van der Waals surface area (Å²) in [5, 5.41) is 15.5.